The van der Waals surface area contributed by atoms with Crippen LogP contribution in [0.1, 0.15) is 47.8 Å². The van der Waals surface area contributed by atoms with Crippen LogP contribution in [0.3, 0.4) is 0 Å². The number of carbonyl (C=O) groups is 1. The Morgan fingerprint density at radius 1 is 1.29 bits per heavy atom. The highest BCUT2D eigenvalue weighted by Gasteiger charge is 2.50. The van der Waals surface area contributed by atoms with Crippen molar-refractivity contribution in [2.45, 2.75) is 56.3 Å². The molecule has 1 aromatic heterocycles. The molecule has 1 spiro atoms. The molecule has 2 heterocycles. The van der Waals surface area contributed by atoms with Gasteiger partial charge in [0.05, 0.1) is 19.3 Å². The van der Waals surface area contributed by atoms with Crippen LogP contribution in [0.2, 0.25) is 0 Å². The van der Waals surface area contributed by atoms with Crippen molar-refractivity contribution >= 4 is 17.2 Å². The fourth-order valence-corrected chi connectivity index (χ4v) is 4.94. The maximum atomic E-state index is 12.6. The van der Waals surface area contributed by atoms with Gasteiger partial charge in [0.25, 0.3) is 0 Å². The van der Waals surface area contributed by atoms with Crippen molar-refractivity contribution in [3.63, 3.8) is 0 Å². The van der Waals surface area contributed by atoms with E-state index in [1.54, 1.807) is 11.3 Å². The Balaban J connectivity index is 1.37. The number of hydrogen-bond donors (Lipinski definition) is 1. The summed E-state index contributed by atoms with van der Waals surface area (Å²) < 4.78 is 11.4. The van der Waals surface area contributed by atoms with Crippen LogP contribution in [0.25, 0.3) is 0 Å². The van der Waals surface area contributed by atoms with Gasteiger partial charge in [0.1, 0.15) is 5.54 Å². The van der Waals surface area contributed by atoms with Gasteiger partial charge in [0.15, 0.2) is 5.79 Å². The Kier molecular flexibility index (Phi) is 3.91. The van der Waals surface area contributed by atoms with Crippen molar-refractivity contribution in [2.75, 3.05) is 13.2 Å². The SMILES string of the molecule is Cc1ccc(C2CC2C(=O)NC2(C#N)CCC3(CC2)OCCO3)s1. The lowest BCUT2D eigenvalue weighted by atomic mass is 9.79. The Morgan fingerprint density at radius 3 is 2.58 bits per heavy atom. The highest BCUT2D eigenvalue weighted by Crippen LogP contribution is 2.50. The van der Waals surface area contributed by atoms with Crippen LogP contribution in [-0.4, -0.2) is 30.4 Å². The van der Waals surface area contributed by atoms with Gasteiger partial charge in [-0.05, 0) is 38.3 Å². The summed E-state index contributed by atoms with van der Waals surface area (Å²) in [5.74, 6) is -0.141. The van der Waals surface area contributed by atoms with E-state index >= 15 is 0 Å². The highest BCUT2D eigenvalue weighted by atomic mass is 32.1. The molecular formula is C18H22N2O3S. The maximum Gasteiger partial charge on any atom is 0.225 e. The van der Waals surface area contributed by atoms with Crippen LogP contribution >= 0.6 is 11.3 Å². The van der Waals surface area contributed by atoms with E-state index in [0.717, 1.165) is 6.42 Å². The molecule has 2 aliphatic carbocycles. The average molecular weight is 346 g/mol. The quantitative estimate of drug-likeness (QED) is 0.913. The average Bonchev–Trinajstić information content (AvgIpc) is 3.07. The van der Waals surface area contributed by atoms with Gasteiger partial charge < -0.3 is 14.8 Å². The molecule has 1 saturated heterocycles. The smallest absolute Gasteiger partial charge is 0.225 e. The van der Waals surface area contributed by atoms with Gasteiger partial charge in [-0.25, -0.2) is 0 Å². The molecule has 1 amide bonds. The monoisotopic (exact) mass is 346 g/mol. The van der Waals surface area contributed by atoms with Crippen molar-refractivity contribution in [3.05, 3.63) is 21.9 Å². The molecule has 0 aromatic carbocycles. The zero-order valence-electron chi connectivity index (χ0n) is 13.8. The number of carbonyl (C=O) groups excluding carboxylic acids is 1. The number of nitrogens with zero attached hydrogens (tertiary/aromatic N) is 1. The summed E-state index contributed by atoms with van der Waals surface area (Å²) in [6, 6.07) is 6.58. The highest BCUT2D eigenvalue weighted by molar-refractivity contribution is 7.12. The van der Waals surface area contributed by atoms with Crippen LogP contribution in [0, 0.1) is 24.2 Å². The van der Waals surface area contributed by atoms with E-state index in [1.807, 2.05) is 0 Å². The second-order valence-corrected chi connectivity index (χ2v) is 8.51. The van der Waals surface area contributed by atoms with E-state index in [4.69, 9.17) is 9.47 Å². The first-order valence-corrected chi connectivity index (χ1v) is 9.44. The van der Waals surface area contributed by atoms with Crippen LogP contribution in [0.15, 0.2) is 12.1 Å². The number of nitriles is 1. The van der Waals surface area contributed by atoms with Crippen molar-refractivity contribution < 1.29 is 14.3 Å². The Labute approximate surface area is 145 Å². The molecule has 1 aromatic rings. The van der Waals surface area contributed by atoms with Gasteiger partial charge in [0.2, 0.25) is 5.91 Å². The molecule has 2 saturated carbocycles. The van der Waals surface area contributed by atoms with Gasteiger partial charge in [-0.1, -0.05) is 0 Å². The molecular weight excluding hydrogens is 324 g/mol. The minimum absolute atomic E-state index is 0.0168. The Hall–Kier alpha value is -1.42. The normalized spacial score (nSPS) is 30.0. The number of thiophene rings is 1. The molecule has 0 bridgehead atoms. The van der Waals surface area contributed by atoms with Crippen LogP contribution in [0.5, 0.6) is 0 Å². The fraction of sp³-hybridized carbons (Fsp3) is 0.667. The third-order valence-corrected chi connectivity index (χ3v) is 6.64. The molecule has 2 atom stereocenters. The molecule has 3 aliphatic rings. The van der Waals surface area contributed by atoms with Gasteiger partial charge >= 0.3 is 0 Å². The summed E-state index contributed by atoms with van der Waals surface area (Å²) in [6.45, 7) is 3.33. The molecule has 2 unspecified atom stereocenters. The minimum atomic E-state index is -0.768. The van der Waals surface area contributed by atoms with Crippen LogP contribution < -0.4 is 5.32 Å². The molecule has 4 rings (SSSR count). The van der Waals surface area contributed by atoms with Crippen molar-refractivity contribution in [1.82, 2.24) is 5.32 Å². The number of amides is 1. The van der Waals surface area contributed by atoms with E-state index in [-0.39, 0.29) is 11.8 Å². The molecule has 5 nitrogen and oxygen atoms in total. The van der Waals surface area contributed by atoms with E-state index in [2.05, 4.69) is 30.4 Å². The number of ether oxygens (including phenoxy) is 2. The number of hydrogen-bond acceptors (Lipinski definition) is 5. The molecule has 3 fully saturated rings. The minimum Gasteiger partial charge on any atom is -0.348 e. The molecule has 128 valence electrons. The van der Waals surface area contributed by atoms with Gasteiger partial charge in [-0.2, -0.15) is 5.26 Å². The third kappa shape index (κ3) is 2.85. The predicted octanol–water partition coefficient (Wildman–Crippen LogP) is 2.86. The first-order valence-electron chi connectivity index (χ1n) is 8.62. The lowest BCUT2D eigenvalue weighted by Crippen LogP contribution is -2.53. The lowest BCUT2D eigenvalue weighted by molar-refractivity contribution is -0.183. The van der Waals surface area contributed by atoms with Gasteiger partial charge in [-0.3, -0.25) is 4.79 Å². The summed E-state index contributed by atoms with van der Waals surface area (Å²) in [6.07, 6.45) is 3.40. The largest absolute Gasteiger partial charge is 0.348 e. The molecule has 0 radical (unpaired) electrons. The summed E-state index contributed by atoms with van der Waals surface area (Å²) in [4.78, 5) is 15.2. The second kappa shape index (κ2) is 5.83. The van der Waals surface area contributed by atoms with Gasteiger partial charge in [0, 0.05) is 34.4 Å². The van der Waals surface area contributed by atoms with Gasteiger partial charge in [-0.15, -0.1) is 11.3 Å². The summed E-state index contributed by atoms with van der Waals surface area (Å²) in [5.41, 5.74) is -0.768. The Bertz CT molecular complexity index is 677. The van der Waals surface area contributed by atoms with E-state index in [9.17, 15) is 10.1 Å². The molecule has 24 heavy (non-hydrogen) atoms. The summed E-state index contributed by atoms with van der Waals surface area (Å²) >= 11 is 1.76. The van der Waals surface area contributed by atoms with Crippen LogP contribution in [0.4, 0.5) is 0 Å². The number of rotatable bonds is 3. The summed E-state index contributed by atoms with van der Waals surface area (Å²) in [7, 11) is 0. The fourth-order valence-electron chi connectivity index (χ4n) is 3.89. The van der Waals surface area contributed by atoms with Crippen molar-refractivity contribution in [1.29, 1.82) is 5.26 Å². The third-order valence-electron chi connectivity index (χ3n) is 5.51. The van der Waals surface area contributed by atoms with Crippen molar-refractivity contribution in [2.24, 2.45) is 5.92 Å². The topological polar surface area (TPSA) is 71.4 Å². The molecule has 6 heteroatoms. The van der Waals surface area contributed by atoms with Crippen molar-refractivity contribution in [3.8, 4) is 6.07 Å². The molecule has 1 N–H and O–H groups in total. The standard InChI is InChI=1S/C18H22N2O3S/c1-12-2-3-15(24-12)13-10-14(13)16(21)20-17(11-19)4-6-18(7-5-17)22-8-9-23-18/h2-3,13-14H,4-10H2,1H3,(H,20,21). The predicted molar refractivity (Wildman–Crippen MR) is 89.5 cm³/mol. The number of aryl methyl sites for hydroxylation is 1. The second-order valence-electron chi connectivity index (χ2n) is 7.19. The van der Waals surface area contributed by atoms with Crippen LogP contribution in [-0.2, 0) is 14.3 Å². The Morgan fingerprint density at radius 2 is 2.00 bits per heavy atom. The lowest BCUT2D eigenvalue weighted by Gasteiger charge is -2.40. The zero-order valence-corrected chi connectivity index (χ0v) is 14.7. The maximum absolute atomic E-state index is 12.6. The van der Waals surface area contributed by atoms with E-state index < -0.39 is 11.3 Å². The van der Waals surface area contributed by atoms with E-state index in [1.165, 1.54) is 9.75 Å². The van der Waals surface area contributed by atoms with E-state index in [0.29, 0.717) is 44.8 Å². The number of nitrogens with one attached hydrogen (secondary N) is 1. The molecule has 1 aliphatic heterocycles. The summed E-state index contributed by atoms with van der Waals surface area (Å²) in [5, 5.41) is 12.7. The zero-order chi connectivity index (χ0) is 16.8. The first kappa shape index (κ1) is 16.1. The first-order chi connectivity index (χ1) is 11.5.